The molecule has 0 fully saturated rings. The van der Waals surface area contributed by atoms with Crippen LogP contribution < -0.4 is 0 Å². The van der Waals surface area contributed by atoms with Gasteiger partial charge in [-0.15, -0.1) is 0 Å². The van der Waals surface area contributed by atoms with E-state index in [1.807, 2.05) is 6.92 Å². The lowest BCUT2D eigenvalue weighted by Crippen LogP contribution is -2.26. The third kappa shape index (κ3) is 4.42. The molecule has 9 heavy (non-hydrogen) atoms. The minimum absolute atomic E-state index is 1.12. The van der Waals surface area contributed by atoms with E-state index in [0.717, 1.165) is 6.04 Å². The SMILES string of the molecule is CC=CC[Si](C)(C)OC. The highest BCUT2D eigenvalue weighted by Crippen LogP contribution is 2.09. The maximum absolute atomic E-state index is 5.33. The first kappa shape index (κ1) is 8.92. The fourth-order valence-electron chi connectivity index (χ4n) is 0.485. The Morgan fingerprint density at radius 3 is 2.33 bits per heavy atom. The number of allylic oxidation sites excluding steroid dienone is 2. The Balaban J connectivity index is 3.58. The largest absolute Gasteiger partial charge is 0.420 e. The van der Waals surface area contributed by atoms with Gasteiger partial charge in [-0.05, 0) is 26.1 Å². The summed E-state index contributed by atoms with van der Waals surface area (Å²) >= 11 is 0. The van der Waals surface area contributed by atoms with Crippen molar-refractivity contribution in [3.05, 3.63) is 12.2 Å². The van der Waals surface area contributed by atoms with Crippen LogP contribution in [0.5, 0.6) is 0 Å². The van der Waals surface area contributed by atoms with Crippen LogP contribution in [0.25, 0.3) is 0 Å². The number of rotatable bonds is 3. The summed E-state index contributed by atoms with van der Waals surface area (Å²) in [6, 6.07) is 1.12. The average molecular weight is 144 g/mol. The molecular formula is C7H16OSi. The zero-order chi connectivity index (χ0) is 7.33. The molecule has 0 N–H and O–H groups in total. The summed E-state index contributed by atoms with van der Waals surface area (Å²) in [5.74, 6) is 0. The third-order valence-electron chi connectivity index (χ3n) is 1.40. The van der Waals surface area contributed by atoms with E-state index in [1.165, 1.54) is 0 Å². The molecule has 0 aromatic rings. The Morgan fingerprint density at radius 2 is 2.00 bits per heavy atom. The van der Waals surface area contributed by atoms with Crippen LogP contribution in [0.15, 0.2) is 12.2 Å². The molecule has 0 bridgehead atoms. The van der Waals surface area contributed by atoms with Gasteiger partial charge in [0.05, 0.1) is 0 Å². The van der Waals surface area contributed by atoms with Gasteiger partial charge in [-0.1, -0.05) is 12.2 Å². The molecule has 0 aromatic heterocycles. The van der Waals surface area contributed by atoms with Crippen molar-refractivity contribution in [1.29, 1.82) is 0 Å². The molecule has 0 saturated carbocycles. The third-order valence-corrected chi connectivity index (χ3v) is 3.72. The number of hydrogen-bond donors (Lipinski definition) is 0. The van der Waals surface area contributed by atoms with E-state index in [1.54, 1.807) is 7.11 Å². The predicted molar refractivity (Wildman–Crippen MR) is 44.1 cm³/mol. The first-order valence-electron chi connectivity index (χ1n) is 3.28. The topological polar surface area (TPSA) is 9.23 Å². The zero-order valence-corrected chi connectivity index (χ0v) is 7.77. The molecule has 0 rings (SSSR count). The van der Waals surface area contributed by atoms with Crippen molar-refractivity contribution >= 4 is 8.32 Å². The van der Waals surface area contributed by atoms with Crippen LogP contribution in [0.1, 0.15) is 6.92 Å². The van der Waals surface area contributed by atoms with Gasteiger partial charge in [0.1, 0.15) is 0 Å². The van der Waals surface area contributed by atoms with Crippen LogP contribution in [-0.2, 0) is 4.43 Å². The minimum Gasteiger partial charge on any atom is -0.420 e. The second kappa shape index (κ2) is 3.85. The second-order valence-corrected chi connectivity index (χ2v) is 7.07. The Bertz CT molecular complexity index is 97.1. The van der Waals surface area contributed by atoms with Crippen molar-refractivity contribution in [1.82, 2.24) is 0 Å². The smallest absolute Gasteiger partial charge is 0.189 e. The van der Waals surface area contributed by atoms with Gasteiger partial charge in [-0.3, -0.25) is 0 Å². The van der Waals surface area contributed by atoms with Crippen molar-refractivity contribution < 1.29 is 4.43 Å². The molecule has 0 radical (unpaired) electrons. The lowest BCUT2D eigenvalue weighted by molar-refractivity contribution is 0.407. The first-order valence-corrected chi connectivity index (χ1v) is 6.40. The summed E-state index contributed by atoms with van der Waals surface area (Å²) in [6.07, 6.45) is 4.25. The molecule has 0 atom stereocenters. The van der Waals surface area contributed by atoms with Gasteiger partial charge in [0, 0.05) is 7.11 Å². The van der Waals surface area contributed by atoms with Crippen LogP contribution in [0.3, 0.4) is 0 Å². The molecule has 54 valence electrons. The fourth-order valence-corrected chi connectivity index (χ4v) is 1.45. The van der Waals surface area contributed by atoms with Crippen LogP contribution in [-0.4, -0.2) is 15.4 Å². The van der Waals surface area contributed by atoms with Crippen molar-refractivity contribution in [2.45, 2.75) is 26.1 Å². The number of hydrogen-bond acceptors (Lipinski definition) is 1. The molecule has 0 amide bonds. The summed E-state index contributed by atoms with van der Waals surface area (Å²) in [7, 11) is 0.516. The van der Waals surface area contributed by atoms with E-state index in [4.69, 9.17) is 4.43 Å². The van der Waals surface area contributed by atoms with E-state index < -0.39 is 8.32 Å². The molecule has 0 unspecified atom stereocenters. The summed E-state index contributed by atoms with van der Waals surface area (Å²) in [5.41, 5.74) is 0. The van der Waals surface area contributed by atoms with Gasteiger partial charge in [-0.25, -0.2) is 0 Å². The summed E-state index contributed by atoms with van der Waals surface area (Å²) in [5, 5.41) is 0. The van der Waals surface area contributed by atoms with E-state index >= 15 is 0 Å². The van der Waals surface area contributed by atoms with Crippen LogP contribution in [0.4, 0.5) is 0 Å². The van der Waals surface area contributed by atoms with Crippen LogP contribution in [0, 0.1) is 0 Å². The molecule has 1 nitrogen and oxygen atoms in total. The average Bonchev–Trinajstić information content (AvgIpc) is 1.84. The summed E-state index contributed by atoms with van der Waals surface area (Å²) in [4.78, 5) is 0. The van der Waals surface area contributed by atoms with Crippen LogP contribution in [0.2, 0.25) is 19.1 Å². The maximum atomic E-state index is 5.33. The van der Waals surface area contributed by atoms with E-state index in [2.05, 4.69) is 25.2 Å². The van der Waals surface area contributed by atoms with Gasteiger partial charge in [0.2, 0.25) is 0 Å². The van der Waals surface area contributed by atoms with Gasteiger partial charge in [0.15, 0.2) is 8.32 Å². The Labute approximate surface area is 58.9 Å². The van der Waals surface area contributed by atoms with Gasteiger partial charge in [-0.2, -0.15) is 0 Å². The van der Waals surface area contributed by atoms with Gasteiger partial charge < -0.3 is 4.43 Å². The predicted octanol–water partition coefficient (Wildman–Crippen LogP) is 2.41. The van der Waals surface area contributed by atoms with Crippen molar-refractivity contribution in [2.75, 3.05) is 7.11 Å². The fraction of sp³-hybridized carbons (Fsp3) is 0.714. The normalized spacial score (nSPS) is 12.9. The van der Waals surface area contributed by atoms with Gasteiger partial charge in [0.25, 0.3) is 0 Å². The highest BCUT2D eigenvalue weighted by Gasteiger charge is 2.17. The highest BCUT2D eigenvalue weighted by molar-refractivity contribution is 6.71. The molecule has 0 aromatic carbocycles. The van der Waals surface area contributed by atoms with E-state index in [-0.39, 0.29) is 0 Å². The first-order chi connectivity index (χ1) is 4.12. The molecule has 2 heteroatoms. The second-order valence-electron chi connectivity index (χ2n) is 2.74. The lowest BCUT2D eigenvalue weighted by atomic mass is 10.6. The van der Waals surface area contributed by atoms with Crippen molar-refractivity contribution in [3.63, 3.8) is 0 Å². The standard InChI is InChI=1S/C7H16OSi/c1-5-6-7-9(3,4)8-2/h5-6H,7H2,1-4H3. The molecule has 0 spiro atoms. The summed E-state index contributed by atoms with van der Waals surface area (Å²) in [6.45, 7) is 6.47. The molecule has 0 heterocycles. The summed E-state index contributed by atoms with van der Waals surface area (Å²) < 4.78 is 5.33. The van der Waals surface area contributed by atoms with Crippen molar-refractivity contribution in [2.24, 2.45) is 0 Å². The van der Waals surface area contributed by atoms with E-state index in [0.29, 0.717) is 0 Å². The molecule has 0 aliphatic rings. The Morgan fingerprint density at radius 1 is 1.44 bits per heavy atom. The molecular weight excluding hydrogens is 128 g/mol. The molecule has 0 aliphatic carbocycles. The van der Waals surface area contributed by atoms with E-state index in [9.17, 15) is 0 Å². The highest BCUT2D eigenvalue weighted by atomic mass is 28.4. The minimum atomic E-state index is -1.29. The Hall–Kier alpha value is -0.0831. The van der Waals surface area contributed by atoms with Crippen molar-refractivity contribution in [3.8, 4) is 0 Å². The van der Waals surface area contributed by atoms with Gasteiger partial charge >= 0.3 is 0 Å². The monoisotopic (exact) mass is 144 g/mol. The molecule has 0 aliphatic heterocycles. The van der Waals surface area contributed by atoms with Crippen LogP contribution >= 0.6 is 0 Å². The maximum Gasteiger partial charge on any atom is 0.189 e. The Kier molecular flexibility index (Phi) is 3.82. The zero-order valence-electron chi connectivity index (χ0n) is 6.77. The molecule has 0 saturated heterocycles. The lowest BCUT2D eigenvalue weighted by Gasteiger charge is -2.16. The quantitative estimate of drug-likeness (QED) is 0.436.